The fourth-order valence-corrected chi connectivity index (χ4v) is 2.55. The second-order valence-corrected chi connectivity index (χ2v) is 6.98. The molecule has 0 heterocycles. The van der Waals surface area contributed by atoms with E-state index < -0.39 is 0 Å². The number of amides is 2. The van der Waals surface area contributed by atoms with E-state index in [9.17, 15) is 9.59 Å². The van der Waals surface area contributed by atoms with Crippen molar-refractivity contribution in [2.75, 3.05) is 12.4 Å². The number of carbonyl (C=O) groups excluding carboxylic acids is 2. The highest BCUT2D eigenvalue weighted by atomic mass is 16.5. The SMILES string of the molecule is COc1ccc(CCC(C)NC(=O)c2ccc(NC(=O)C(C)C)cc2)cc1. The topological polar surface area (TPSA) is 67.4 Å². The first-order chi connectivity index (χ1) is 12.9. The van der Waals surface area contributed by atoms with Crippen LogP contribution in [0.2, 0.25) is 0 Å². The maximum absolute atomic E-state index is 12.4. The average molecular weight is 368 g/mol. The monoisotopic (exact) mass is 368 g/mol. The summed E-state index contributed by atoms with van der Waals surface area (Å²) in [5, 5.41) is 5.83. The number of hydrogen-bond donors (Lipinski definition) is 2. The summed E-state index contributed by atoms with van der Waals surface area (Å²) < 4.78 is 5.16. The molecular weight excluding hydrogens is 340 g/mol. The zero-order chi connectivity index (χ0) is 19.8. The molecule has 5 nitrogen and oxygen atoms in total. The Labute approximate surface area is 161 Å². The van der Waals surface area contributed by atoms with Crippen LogP contribution >= 0.6 is 0 Å². The molecule has 1 unspecified atom stereocenters. The van der Waals surface area contributed by atoms with Crippen LogP contribution in [0, 0.1) is 5.92 Å². The number of nitrogens with one attached hydrogen (secondary N) is 2. The predicted molar refractivity (Wildman–Crippen MR) is 108 cm³/mol. The average Bonchev–Trinajstić information content (AvgIpc) is 2.67. The Kier molecular flexibility index (Phi) is 7.41. The number of rotatable bonds is 8. The molecule has 0 aliphatic heterocycles. The number of hydrogen-bond acceptors (Lipinski definition) is 3. The number of benzene rings is 2. The minimum atomic E-state index is -0.112. The molecule has 0 aliphatic carbocycles. The lowest BCUT2D eigenvalue weighted by Gasteiger charge is -2.14. The molecule has 0 spiro atoms. The van der Waals surface area contributed by atoms with Crippen molar-refractivity contribution in [1.82, 2.24) is 5.32 Å². The van der Waals surface area contributed by atoms with Gasteiger partial charge in [-0.3, -0.25) is 9.59 Å². The highest BCUT2D eigenvalue weighted by Gasteiger charge is 2.11. The fraction of sp³-hybridized carbons (Fsp3) is 0.364. The van der Waals surface area contributed by atoms with Crippen LogP contribution in [0.1, 0.15) is 43.1 Å². The first-order valence-corrected chi connectivity index (χ1v) is 9.23. The van der Waals surface area contributed by atoms with Gasteiger partial charge in [-0.1, -0.05) is 26.0 Å². The Hall–Kier alpha value is -2.82. The number of methoxy groups -OCH3 is 1. The van der Waals surface area contributed by atoms with Crippen molar-refractivity contribution in [2.24, 2.45) is 5.92 Å². The standard InChI is InChI=1S/C22H28N2O3/c1-15(2)21(25)24-19-11-9-18(10-12-19)22(26)23-16(3)5-6-17-7-13-20(27-4)14-8-17/h7-16H,5-6H2,1-4H3,(H,23,26)(H,24,25). The molecule has 0 saturated carbocycles. The Morgan fingerprint density at radius 1 is 0.963 bits per heavy atom. The highest BCUT2D eigenvalue weighted by Crippen LogP contribution is 2.14. The van der Waals surface area contributed by atoms with Crippen LogP contribution < -0.4 is 15.4 Å². The van der Waals surface area contributed by atoms with Crippen LogP contribution in [0.5, 0.6) is 5.75 Å². The van der Waals surface area contributed by atoms with Gasteiger partial charge in [-0.15, -0.1) is 0 Å². The van der Waals surface area contributed by atoms with E-state index in [0.717, 1.165) is 18.6 Å². The molecule has 0 aliphatic rings. The molecule has 0 saturated heterocycles. The summed E-state index contributed by atoms with van der Waals surface area (Å²) in [6.45, 7) is 5.67. The number of aryl methyl sites for hydroxylation is 1. The van der Waals surface area contributed by atoms with Gasteiger partial charge in [-0.05, 0) is 61.7 Å². The summed E-state index contributed by atoms with van der Waals surface area (Å²) in [5.74, 6) is 0.603. The Morgan fingerprint density at radius 3 is 2.15 bits per heavy atom. The Bertz CT molecular complexity index is 752. The molecule has 2 aromatic carbocycles. The van der Waals surface area contributed by atoms with E-state index in [1.165, 1.54) is 5.56 Å². The second kappa shape index (κ2) is 9.76. The summed E-state index contributed by atoms with van der Waals surface area (Å²) in [4.78, 5) is 24.1. The summed E-state index contributed by atoms with van der Waals surface area (Å²) in [6, 6.07) is 15.0. The van der Waals surface area contributed by atoms with E-state index in [1.54, 1.807) is 31.4 Å². The Balaban J connectivity index is 1.83. The first kappa shape index (κ1) is 20.5. The van der Waals surface area contributed by atoms with Crippen molar-refractivity contribution in [2.45, 2.75) is 39.7 Å². The van der Waals surface area contributed by atoms with Crippen molar-refractivity contribution >= 4 is 17.5 Å². The molecule has 0 aromatic heterocycles. The van der Waals surface area contributed by atoms with E-state index in [1.807, 2.05) is 45.0 Å². The molecule has 0 bridgehead atoms. The van der Waals surface area contributed by atoms with E-state index in [-0.39, 0.29) is 23.8 Å². The third-order valence-electron chi connectivity index (χ3n) is 4.34. The zero-order valence-corrected chi connectivity index (χ0v) is 16.4. The molecule has 0 fully saturated rings. The Morgan fingerprint density at radius 2 is 1.59 bits per heavy atom. The number of carbonyl (C=O) groups is 2. The summed E-state index contributed by atoms with van der Waals surface area (Å²) in [6.07, 6.45) is 1.73. The minimum absolute atomic E-state index is 0.0423. The van der Waals surface area contributed by atoms with Gasteiger partial charge in [0.1, 0.15) is 5.75 Å². The number of ether oxygens (including phenoxy) is 1. The van der Waals surface area contributed by atoms with Gasteiger partial charge in [-0.2, -0.15) is 0 Å². The molecule has 2 aromatic rings. The highest BCUT2D eigenvalue weighted by molar-refractivity contribution is 5.96. The van der Waals surface area contributed by atoms with Crippen LogP contribution in [-0.4, -0.2) is 25.0 Å². The van der Waals surface area contributed by atoms with Crippen LogP contribution in [-0.2, 0) is 11.2 Å². The van der Waals surface area contributed by atoms with Gasteiger partial charge in [0, 0.05) is 23.2 Å². The van der Waals surface area contributed by atoms with Gasteiger partial charge < -0.3 is 15.4 Å². The number of anilines is 1. The second-order valence-electron chi connectivity index (χ2n) is 6.98. The fourth-order valence-electron chi connectivity index (χ4n) is 2.55. The van der Waals surface area contributed by atoms with Gasteiger partial charge in [0.2, 0.25) is 5.91 Å². The van der Waals surface area contributed by atoms with Crippen LogP contribution in [0.25, 0.3) is 0 Å². The van der Waals surface area contributed by atoms with Crippen molar-refractivity contribution < 1.29 is 14.3 Å². The largest absolute Gasteiger partial charge is 0.497 e. The molecule has 2 rings (SSSR count). The maximum atomic E-state index is 12.4. The van der Waals surface area contributed by atoms with E-state index in [2.05, 4.69) is 10.6 Å². The molecule has 0 radical (unpaired) electrons. The molecule has 2 N–H and O–H groups in total. The molecule has 144 valence electrons. The van der Waals surface area contributed by atoms with Crippen LogP contribution in [0.4, 0.5) is 5.69 Å². The molecule has 27 heavy (non-hydrogen) atoms. The lowest BCUT2D eigenvalue weighted by molar-refractivity contribution is -0.118. The van der Waals surface area contributed by atoms with E-state index >= 15 is 0 Å². The maximum Gasteiger partial charge on any atom is 0.251 e. The molecule has 2 amide bonds. The van der Waals surface area contributed by atoms with E-state index in [4.69, 9.17) is 4.74 Å². The quantitative estimate of drug-likeness (QED) is 0.739. The molecular formula is C22H28N2O3. The lowest BCUT2D eigenvalue weighted by Crippen LogP contribution is -2.32. The normalized spacial score (nSPS) is 11.7. The summed E-state index contributed by atoms with van der Waals surface area (Å²) in [5.41, 5.74) is 2.48. The van der Waals surface area contributed by atoms with Crippen molar-refractivity contribution in [3.63, 3.8) is 0 Å². The summed E-state index contributed by atoms with van der Waals surface area (Å²) >= 11 is 0. The van der Waals surface area contributed by atoms with E-state index in [0.29, 0.717) is 11.3 Å². The van der Waals surface area contributed by atoms with Gasteiger partial charge in [-0.25, -0.2) is 0 Å². The van der Waals surface area contributed by atoms with Crippen LogP contribution in [0.15, 0.2) is 48.5 Å². The van der Waals surface area contributed by atoms with Crippen molar-refractivity contribution in [1.29, 1.82) is 0 Å². The van der Waals surface area contributed by atoms with Gasteiger partial charge in [0.25, 0.3) is 5.91 Å². The molecule has 1 atom stereocenters. The minimum Gasteiger partial charge on any atom is -0.497 e. The third-order valence-corrected chi connectivity index (χ3v) is 4.34. The van der Waals surface area contributed by atoms with Gasteiger partial charge in [0.05, 0.1) is 7.11 Å². The van der Waals surface area contributed by atoms with Gasteiger partial charge in [0.15, 0.2) is 0 Å². The predicted octanol–water partition coefficient (Wildman–Crippen LogP) is 4.04. The van der Waals surface area contributed by atoms with Gasteiger partial charge >= 0.3 is 0 Å². The third kappa shape index (κ3) is 6.44. The smallest absolute Gasteiger partial charge is 0.251 e. The van der Waals surface area contributed by atoms with Crippen molar-refractivity contribution in [3.05, 3.63) is 59.7 Å². The summed E-state index contributed by atoms with van der Waals surface area (Å²) in [7, 11) is 1.65. The molecule has 5 heteroatoms. The lowest BCUT2D eigenvalue weighted by atomic mass is 10.1. The zero-order valence-electron chi connectivity index (χ0n) is 16.4. The van der Waals surface area contributed by atoms with Crippen LogP contribution in [0.3, 0.4) is 0 Å². The first-order valence-electron chi connectivity index (χ1n) is 9.23. The van der Waals surface area contributed by atoms with Crippen molar-refractivity contribution in [3.8, 4) is 5.75 Å².